The molecule has 0 unspecified atom stereocenters. The van der Waals surface area contributed by atoms with E-state index in [9.17, 15) is 5.26 Å². The van der Waals surface area contributed by atoms with Crippen LogP contribution in [-0.4, -0.2) is 9.97 Å². The number of nitriles is 1. The third-order valence-electron chi connectivity index (χ3n) is 3.25. The molecule has 0 fully saturated rings. The smallest absolute Gasteiger partial charge is 0.142 e. The van der Waals surface area contributed by atoms with Gasteiger partial charge in [0.25, 0.3) is 0 Å². The van der Waals surface area contributed by atoms with Crippen molar-refractivity contribution in [1.82, 2.24) is 9.97 Å². The van der Waals surface area contributed by atoms with Crippen LogP contribution >= 0.6 is 11.6 Å². The van der Waals surface area contributed by atoms with Crippen molar-refractivity contribution in [3.05, 3.63) is 65.3 Å². The molecule has 0 aliphatic rings. The molecule has 2 heterocycles. The molecule has 0 bridgehead atoms. The first kappa shape index (κ1) is 14.1. The maximum Gasteiger partial charge on any atom is 0.142 e. The second kappa shape index (κ2) is 5.84. The topological polar surface area (TPSA) is 75.6 Å². The lowest BCUT2D eigenvalue weighted by atomic mass is 10.0. The summed E-state index contributed by atoms with van der Waals surface area (Å²) < 4.78 is 0. The van der Waals surface area contributed by atoms with E-state index in [4.69, 9.17) is 17.3 Å². The molecule has 1 aromatic carbocycles. The Hall–Kier alpha value is -2.90. The van der Waals surface area contributed by atoms with Gasteiger partial charge in [0.15, 0.2) is 0 Å². The van der Waals surface area contributed by atoms with Gasteiger partial charge in [-0.1, -0.05) is 35.9 Å². The Morgan fingerprint density at radius 2 is 1.77 bits per heavy atom. The maximum atomic E-state index is 9.35. The number of hydrogen-bond acceptors (Lipinski definition) is 4. The normalized spacial score (nSPS) is 10.2. The fraction of sp³-hybridized carbons (Fsp3) is 0. The number of anilines is 1. The monoisotopic (exact) mass is 306 g/mol. The lowest BCUT2D eigenvalue weighted by Crippen LogP contribution is -2.00. The first-order chi connectivity index (χ1) is 10.7. The van der Waals surface area contributed by atoms with E-state index >= 15 is 0 Å². The Bertz CT molecular complexity index is 870. The van der Waals surface area contributed by atoms with E-state index < -0.39 is 0 Å². The number of nitrogens with zero attached hydrogens (tertiary/aromatic N) is 3. The van der Waals surface area contributed by atoms with Gasteiger partial charge in [0.1, 0.15) is 17.5 Å². The van der Waals surface area contributed by atoms with Gasteiger partial charge in [-0.15, -0.1) is 0 Å². The van der Waals surface area contributed by atoms with Gasteiger partial charge in [-0.2, -0.15) is 5.26 Å². The number of benzene rings is 1. The number of nitrogen functional groups attached to an aromatic ring is 1. The molecule has 4 nitrogen and oxygen atoms in total. The zero-order valence-corrected chi connectivity index (χ0v) is 12.2. The summed E-state index contributed by atoms with van der Waals surface area (Å²) in [6.45, 7) is 0. The van der Waals surface area contributed by atoms with Crippen molar-refractivity contribution in [3.8, 4) is 28.6 Å². The summed E-state index contributed by atoms with van der Waals surface area (Å²) in [7, 11) is 0. The average Bonchev–Trinajstić information content (AvgIpc) is 2.55. The molecule has 22 heavy (non-hydrogen) atoms. The Kier molecular flexibility index (Phi) is 3.73. The second-order valence-corrected chi connectivity index (χ2v) is 5.03. The standard InChI is InChI=1S/C17H11ClN4/c18-14-6-2-1-5-11(14)16-9-12(13(10-19)17(20)22-16)15-7-3-4-8-21-15/h1-9H,(H2,20,22). The Balaban J connectivity index is 2.27. The van der Waals surface area contributed by atoms with Gasteiger partial charge in [-0.3, -0.25) is 4.98 Å². The summed E-state index contributed by atoms with van der Waals surface area (Å²) in [5.41, 5.74) is 8.95. The van der Waals surface area contributed by atoms with Crippen LogP contribution in [0.3, 0.4) is 0 Å². The van der Waals surface area contributed by atoms with Crippen molar-refractivity contribution in [2.45, 2.75) is 0 Å². The molecule has 0 saturated heterocycles. The van der Waals surface area contributed by atoms with Crippen LogP contribution in [0.4, 0.5) is 5.82 Å². The SMILES string of the molecule is N#Cc1c(-c2ccccn2)cc(-c2ccccc2Cl)nc1N. The quantitative estimate of drug-likeness (QED) is 0.778. The zero-order valence-electron chi connectivity index (χ0n) is 11.5. The number of nitrogens with two attached hydrogens (primary N) is 1. The molecule has 0 aliphatic carbocycles. The highest BCUT2D eigenvalue weighted by atomic mass is 35.5. The van der Waals surface area contributed by atoms with Gasteiger partial charge in [0.2, 0.25) is 0 Å². The van der Waals surface area contributed by atoms with E-state index in [1.807, 2.05) is 36.4 Å². The van der Waals surface area contributed by atoms with E-state index in [-0.39, 0.29) is 5.82 Å². The third kappa shape index (κ3) is 2.50. The van der Waals surface area contributed by atoms with Crippen molar-refractivity contribution in [2.75, 3.05) is 5.73 Å². The molecule has 3 rings (SSSR count). The highest BCUT2D eigenvalue weighted by molar-refractivity contribution is 6.33. The highest BCUT2D eigenvalue weighted by Gasteiger charge is 2.15. The van der Waals surface area contributed by atoms with E-state index in [2.05, 4.69) is 16.0 Å². The molecule has 0 spiro atoms. The van der Waals surface area contributed by atoms with Crippen LogP contribution in [0.5, 0.6) is 0 Å². The van der Waals surface area contributed by atoms with Crippen molar-refractivity contribution in [1.29, 1.82) is 5.26 Å². The predicted molar refractivity (Wildman–Crippen MR) is 87.0 cm³/mol. The zero-order chi connectivity index (χ0) is 15.5. The van der Waals surface area contributed by atoms with Crippen LogP contribution in [0, 0.1) is 11.3 Å². The van der Waals surface area contributed by atoms with Crippen LogP contribution in [0.15, 0.2) is 54.7 Å². The first-order valence-corrected chi connectivity index (χ1v) is 6.95. The van der Waals surface area contributed by atoms with Crippen LogP contribution in [-0.2, 0) is 0 Å². The van der Waals surface area contributed by atoms with Crippen LogP contribution in [0.2, 0.25) is 5.02 Å². The highest BCUT2D eigenvalue weighted by Crippen LogP contribution is 2.32. The van der Waals surface area contributed by atoms with Crippen LogP contribution in [0.1, 0.15) is 5.56 Å². The molecular formula is C17H11ClN4. The second-order valence-electron chi connectivity index (χ2n) is 4.62. The number of rotatable bonds is 2. The van der Waals surface area contributed by atoms with Gasteiger partial charge in [0.05, 0.1) is 11.4 Å². The molecule has 0 radical (unpaired) electrons. The van der Waals surface area contributed by atoms with E-state index in [0.717, 1.165) is 5.56 Å². The van der Waals surface area contributed by atoms with Crippen molar-refractivity contribution >= 4 is 17.4 Å². The summed E-state index contributed by atoms with van der Waals surface area (Å²) in [5, 5.41) is 9.93. The summed E-state index contributed by atoms with van der Waals surface area (Å²) in [6.07, 6.45) is 1.67. The third-order valence-corrected chi connectivity index (χ3v) is 3.58. The minimum atomic E-state index is 0.167. The molecule has 5 heteroatoms. The fourth-order valence-corrected chi connectivity index (χ4v) is 2.45. The van der Waals surface area contributed by atoms with E-state index in [1.165, 1.54) is 0 Å². The van der Waals surface area contributed by atoms with Gasteiger partial charge >= 0.3 is 0 Å². The van der Waals surface area contributed by atoms with Gasteiger partial charge < -0.3 is 5.73 Å². The summed E-state index contributed by atoms with van der Waals surface area (Å²) in [6, 6.07) is 16.7. The average molecular weight is 307 g/mol. The Morgan fingerprint density at radius 1 is 1.00 bits per heavy atom. The van der Waals surface area contributed by atoms with Crippen LogP contribution < -0.4 is 5.73 Å². The van der Waals surface area contributed by atoms with Crippen molar-refractivity contribution < 1.29 is 0 Å². The minimum Gasteiger partial charge on any atom is -0.383 e. The number of pyridine rings is 2. The van der Waals surface area contributed by atoms with Crippen molar-refractivity contribution in [3.63, 3.8) is 0 Å². The van der Waals surface area contributed by atoms with Gasteiger partial charge in [0, 0.05) is 22.3 Å². The largest absolute Gasteiger partial charge is 0.383 e. The summed E-state index contributed by atoms with van der Waals surface area (Å²) in [5.74, 6) is 0.167. The van der Waals surface area contributed by atoms with Crippen LogP contribution in [0.25, 0.3) is 22.5 Å². The minimum absolute atomic E-state index is 0.167. The summed E-state index contributed by atoms with van der Waals surface area (Å²) in [4.78, 5) is 8.59. The fourth-order valence-electron chi connectivity index (χ4n) is 2.21. The molecule has 3 aromatic rings. The molecule has 0 amide bonds. The lowest BCUT2D eigenvalue weighted by molar-refractivity contribution is 1.27. The van der Waals surface area contributed by atoms with Crippen molar-refractivity contribution in [2.24, 2.45) is 0 Å². The molecular weight excluding hydrogens is 296 g/mol. The van der Waals surface area contributed by atoms with E-state index in [0.29, 0.717) is 27.5 Å². The van der Waals surface area contributed by atoms with Gasteiger partial charge in [-0.25, -0.2) is 4.98 Å². The molecule has 2 N–H and O–H groups in total. The number of hydrogen-bond donors (Lipinski definition) is 1. The summed E-state index contributed by atoms with van der Waals surface area (Å²) >= 11 is 6.22. The molecule has 0 aliphatic heterocycles. The van der Waals surface area contributed by atoms with E-state index in [1.54, 1.807) is 18.3 Å². The maximum absolute atomic E-state index is 9.35. The first-order valence-electron chi connectivity index (χ1n) is 6.57. The molecule has 0 saturated carbocycles. The lowest BCUT2D eigenvalue weighted by Gasteiger charge is -2.10. The predicted octanol–water partition coefficient (Wildman–Crippen LogP) is 3.92. The van der Waals surface area contributed by atoms with Gasteiger partial charge in [-0.05, 0) is 24.3 Å². The molecule has 106 valence electrons. The Morgan fingerprint density at radius 3 is 2.45 bits per heavy atom. The Labute approximate surface area is 132 Å². The molecule has 2 aromatic heterocycles. The number of halogens is 1. The number of aromatic nitrogens is 2. The molecule has 0 atom stereocenters.